The monoisotopic (exact) mass is 322 g/mol. The van der Waals surface area contributed by atoms with Crippen molar-refractivity contribution in [1.82, 2.24) is 10.0 Å². The van der Waals surface area contributed by atoms with Gasteiger partial charge in [0.25, 0.3) is 0 Å². The highest BCUT2D eigenvalue weighted by Gasteiger charge is 2.18. The van der Waals surface area contributed by atoms with Crippen LogP contribution < -0.4 is 10.0 Å². The molecule has 1 atom stereocenters. The van der Waals surface area contributed by atoms with Crippen molar-refractivity contribution in [3.63, 3.8) is 0 Å². The van der Waals surface area contributed by atoms with Gasteiger partial charge in [0, 0.05) is 22.8 Å². The summed E-state index contributed by atoms with van der Waals surface area (Å²) in [5, 5.41) is 4.71. The molecule has 0 aromatic carbocycles. The normalized spacial score (nSPS) is 13.6. The van der Waals surface area contributed by atoms with Gasteiger partial charge in [0.15, 0.2) is 0 Å². The standard InChI is InChI=1S/C12H22N2O2S3/c1-4-17-6-5-10(2)14-19(15,16)12-7-11(8-13-3)18-9-12/h7,9-10,13-14H,4-6,8H2,1-3H3. The lowest BCUT2D eigenvalue weighted by Crippen LogP contribution is -2.32. The van der Waals surface area contributed by atoms with Crippen LogP contribution in [0.25, 0.3) is 0 Å². The summed E-state index contributed by atoms with van der Waals surface area (Å²) in [6.45, 7) is 4.71. The summed E-state index contributed by atoms with van der Waals surface area (Å²) in [7, 11) is -1.52. The van der Waals surface area contributed by atoms with Crippen LogP contribution in [0.2, 0.25) is 0 Å². The largest absolute Gasteiger partial charge is 0.315 e. The molecule has 0 amide bonds. The minimum atomic E-state index is -3.37. The highest BCUT2D eigenvalue weighted by Crippen LogP contribution is 2.19. The molecule has 19 heavy (non-hydrogen) atoms. The smallest absolute Gasteiger partial charge is 0.241 e. The van der Waals surface area contributed by atoms with E-state index in [2.05, 4.69) is 17.0 Å². The Labute approximate surface area is 124 Å². The fourth-order valence-corrected chi connectivity index (χ4v) is 4.94. The Balaban J connectivity index is 2.58. The van der Waals surface area contributed by atoms with Crippen LogP contribution in [-0.4, -0.2) is 33.0 Å². The van der Waals surface area contributed by atoms with E-state index in [4.69, 9.17) is 0 Å². The molecule has 4 nitrogen and oxygen atoms in total. The van der Waals surface area contributed by atoms with Crippen molar-refractivity contribution in [3.05, 3.63) is 16.3 Å². The molecular formula is C12H22N2O2S3. The second-order valence-electron chi connectivity index (χ2n) is 4.29. The van der Waals surface area contributed by atoms with Crippen molar-refractivity contribution in [2.45, 2.75) is 37.8 Å². The molecule has 0 fully saturated rings. The maximum absolute atomic E-state index is 12.2. The molecule has 1 heterocycles. The first-order valence-electron chi connectivity index (χ1n) is 6.31. The number of rotatable bonds is 9. The Kier molecular flexibility index (Phi) is 7.38. The highest BCUT2D eigenvalue weighted by atomic mass is 32.2. The zero-order valence-corrected chi connectivity index (χ0v) is 14.1. The van der Waals surface area contributed by atoms with Gasteiger partial charge in [-0.3, -0.25) is 0 Å². The van der Waals surface area contributed by atoms with Gasteiger partial charge >= 0.3 is 0 Å². The first kappa shape index (κ1) is 17.0. The van der Waals surface area contributed by atoms with Crippen molar-refractivity contribution in [2.75, 3.05) is 18.6 Å². The number of sulfonamides is 1. The lowest BCUT2D eigenvalue weighted by Gasteiger charge is -2.12. The summed E-state index contributed by atoms with van der Waals surface area (Å²) in [5.74, 6) is 2.05. The van der Waals surface area contributed by atoms with Crippen LogP contribution >= 0.6 is 23.1 Å². The van der Waals surface area contributed by atoms with Gasteiger partial charge < -0.3 is 5.32 Å². The summed E-state index contributed by atoms with van der Waals surface area (Å²) in [6, 6.07) is 1.70. The maximum Gasteiger partial charge on any atom is 0.241 e. The lowest BCUT2D eigenvalue weighted by atomic mass is 10.3. The Morgan fingerprint density at radius 3 is 2.84 bits per heavy atom. The van der Waals surface area contributed by atoms with Crippen LogP contribution in [0.3, 0.4) is 0 Å². The van der Waals surface area contributed by atoms with E-state index < -0.39 is 10.0 Å². The Morgan fingerprint density at radius 2 is 2.21 bits per heavy atom. The van der Waals surface area contributed by atoms with Crippen LogP contribution in [0, 0.1) is 0 Å². The van der Waals surface area contributed by atoms with E-state index in [0.29, 0.717) is 11.4 Å². The first-order valence-corrected chi connectivity index (χ1v) is 9.83. The van der Waals surface area contributed by atoms with Crippen LogP contribution in [-0.2, 0) is 16.6 Å². The van der Waals surface area contributed by atoms with Gasteiger partial charge in [0.1, 0.15) is 0 Å². The zero-order valence-electron chi connectivity index (χ0n) is 11.6. The predicted octanol–water partition coefficient (Wildman–Crippen LogP) is 2.28. The summed E-state index contributed by atoms with van der Waals surface area (Å²) in [5.41, 5.74) is 0. The number of thioether (sulfide) groups is 1. The molecule has 0 aliphatic rings. The number of thiophene rings is 1. The Bertz CT molecular complexity index is 471. The summed E-state index contributed by atoms with van der Waals surface area (Å²) in [6.07, 6.45) is 0.852. The second kappa shape index (κ2) is 8.26. The van der Waals surface area contributed by atoms with Gasteiger partial charge in [-0.15, -0.1) is 11.3 Å². The van der Waals surface area contributed by atoms with Gasteiger partial charge in [0.05, 0.1) is 4.90 Å². The van der Waals surface area contributed by atoms with Crippen LogP contribution in [0.5, 0.6) is 0 Å². The van der Waals surface area contributed by atoms with Gasteiger partial charge in [-0.05, 0) is 38.0 Å². The molecule has 0 spiro atoms. The van der Waals surface area contributed by atoms with Gasteiger partial charge in [-0.25, -0.2) is 13.1 Å². The summed E-state index contributed by atoms with van der Waals surface area (Å²) < 4.78 is 27.1. The van der Waals surface area contributed by atoms with Crippen molar-refractivity contribution in [1.29, 1.82) is 0 Å². The Hall–Kier alpha value is -0.0800. The molecule has 0 aliphatic heterocycles. The molecule has 1 aromatic rings. The van der Waals surface area contributed by atoms with Crippen molar-refractivity contribution < 1.29 is 8.42 Å². The van der Waals surface area contributed by atoms with E-state index in [0.717, 1.165) is 22.8 Å². The van der Waals surface area contributed by atoms with E-state index in [1.54, 1.807) is 11.4 Å². The van der Waals surface area contributed by atoms with Crippen LogP contribution in [0.15, 0.2) is 16.3 Å². The highest BCUT2D eigenvalue weighted by molar-refractivity contribution is 7.99. The van der Waals surface area contributed by atoms with Crippen LogP contribution in [0.1, 0.15) is 25.1 Å². The molecular weight excluding hydrogens is 300 g/mol. The molecule has 0 bridgehead atoms. The third-order valence-electron chi connectivity index (χ3n) is 2.55. The van der Waals surface area contributed by atoms with E-state index in [1.807, 2.05) is 25.7 Å². The van der Waals surface area contributed by atoms with Crippen molar-refractivity contribution in [3.8, 4) is 0 Å². The first-order chi connectivity index (χ1) is 8.99. The minimum absolute atomic E-state index is 0.0308. The molecule has 0 radical (unpaired) electrons. The second-order valence-corrected chi connectivity index (χ2v) is 8.39. The van der Waals surface area contributed by atoms with E-state index in [-0.39, 0.29) is 6.04 Å². The van der Waals surface area contributed by atoms with Crippen LogP contribution in [0.4, 0.5) is 0 Å². The van der Waals surface area contributed by atoms with Crippen molar-refractivity contribution in [2.24, 2.45) is 0 Å². The molecule has 1 unspecified atom stereocenters. The van der Waals surface area contributed by atoms with Gasteiger partial charge in [-0.2, -0.15) is 11.8 Å². The van der Waals surface area contributed by atoms with E-state index >= 15 is 0 Å². The lowest BCUT2D eigenvalue weighted by molar-refractivity contribution is 0.557. The molecule has 7 heteroatoms. The van der Waals surface area contributed by atoms with Gasteiger partial charge in [-0.1, -0.05) is 6.92 Å². The average Bonchev–Trinajstić information content (AvgIpc) is 2.78. The molecule has 0 aliphatic carbocycles. The van der Waals surface area contributed by atoms with Gasteiger partial charge in [0.2, 0.25) is 10.0 Å². The van der Waals surface area contributed by atoms with E-state index in [1.165, 1.54) is 11.3 Å². The quantitative estimate of drug-likeness (QED) is 0.685. The maximum atomic E-state index is 12.2. The zero-order chi connectivity index (χ0) is 14.3. The fourth-order valence-electron chi connectivity index (χ4n) is 1.56. The number of hydrogen-bond donors (Lipinski definition) is 2. The molecule has 1 rings (SSSR count). The number of hydrogen-bond acceptors (Lipinski definition) is 5. The molecule has 0 saturated heterocycles. The fraction of sp³-hybridized carbons (Fsp3) is 0.667. The summed E-state index contributed by atoms with van der Waals surface area (Å²) >= 11 is 3.29. The molecule has 0 saturated carbocycles. The van der Waals surface area contributed by atoms with E-state index in [9.17, 15) is 8.42 Å². The molecule has 110 valence electrons. The Morgan fingerprint density at radius 1 is 1.47 bits per heavy atom. The molecule has 2 N–H and O–H groups in total. The topological polar surface area (TPSA) is 58.2 Å². The van der Waals surface area contributed by atoms with Crippen molar-refractivity contribution >= 4 is 33.1 Å². The SMILES string of the molecule is CCSCCC(C)NS(=O)(=O)c1csc(CNC)c1. The third kappa shape index (κ3) is 5.83. The third-order valence-corrected chi connectivity index (χ3v) is 6.13. The molecule has 1 aromatic heterocycles. The predicted molar refractivity (Wildman–Crippen MR) is 84.5 cm³/mol. The summed E-state index contributed by atoms with van der Waals surface area (Å²) in [4.78, 5) is 1.40. The minimum Gasteiger partial charge on any atom is -0.315 e. The number of nitrogens with one attached hydrogen (secondary N) is 2. The average molecular weight is 323 g/mol.